The number of likely N-dealkylation sites (N-methyl/N-ethyl adjacent to an activating group) is 1. The molecule has 0 aliphatic carbocycles. The van der Waals surface area contributed by atoms with Gasteiger partial charge in [-0.25, -0.2) is 14.4 Å². The van der Waals surface area contributed by atoms with Gasteiger partial charge in [0, 0.05) is 42.5 Å². The summed E-state index contributed by atoms with van der Waals surface area (Å²) in [4.78, 5) is 26.0. The van der Waals surface area contributed by atoms with Crippen LogP contribution in [-0.4, -0.2) is 68.5 Å². The first kappa shape index (κ1) is 26.0. The van der Waals surface area contributed by atoms with E-state index in [1.54, 1.807) is 12.1 Å². The second kappa shape index (κ2) is 9.55. The molecular weight excluding hydrogens is 554 g/mol. The smallest absolute Gasteiger partial charge is 0.367 e. The van der Waals surface area contributed by atoms with Gasteiger partial charge in [-0.1, -0.05) is 12.1 Å². The van der Waals surface area contributed by atoms with Gasteiger partial charge < -0.3 is 15.1 Å². The molecule has 0 atom stereocenters. The van der Waals surface area contributed by atoms with Crippen molar-refractivity contribution in [1.29, 1.82) is 0 Å². The van der Waals surface area contributed by atoms with Crippen molar-refractivity contribution in [2.45, 2.75) is 6.18 Å². The van der Waals surface area contributed by atoms with E-state index in [1.807, 2.05) is 19.2 Å². The molecular formula is C28H23F4N9O. The van der Waals surface area contributed by atoms with Gasteiger partial charge >= 0.3 is 6.18 Å². The molecule has 4 N–H and O–H groups in total. The van der Waals surface area contributed by atoms with Crippen LogP contribution in [0.3, 0.4) is 0 Å². The Morgan fingerprint density at radius 1 is 0.905 bits per heavy atom. The first-order chi connectivity index (χ1) is 20.2. The Hall–Kier alpha value is -4.98. The van der Waals surface area contributed by atoms with E-state index in [-0.39, 0.29) is 34.1 Å². The number of alkyl halides is 3. The lowest BCUT2D eigenvalue weighted by molar-refractivity contribution is -0.135. The molecule has 1 aliphatic rings. The molecule has 1 saturated heterocycles. The molecule has 3 aromatic heterocycles. The molecule has 0 saturated carbocycles. The summed E-state index contributed by atoms with van der Waals surface area (Å²) < 4.78 is 58.1. The summed E-state index contributed by atoms with van der Waals surface area (Å²) in [6.45, 7) is 2.99. The number of piperazine rings is 1. The number of hydrogen-bond acceptors (Lipinski definition) is 7. The highest BCUT2D eigenvalue weighted by Gasteiger charge is 2.38. The van der Waals surface area contributed by atoms with Crippen molar-refractivity contribution in [1.82, 2.24) is 35.3 Å². The number of rotatable bonds is 4. The highest BCUT2D eigenvalue weighted by molar-refractivity contribution is 6.02. The molecule has 1 fully saturated rings. The third-order valence-corrected chi connectivity index (χ3v) is 7.60. The molecule has 7 rings (SSSR count). The highest BCUT2D eigenvalue weighted by atomic mass is 19.4. The lowest BCUT2D eigenvalue weighted by Gasteiger charge is -2.34. The van der Waals surface area contributed by atoms with E-state index in [4.69, 9.17) is 0 Å². The Balaban J connectivity index is 1.49. The summed E-state index contributed by atoms with van der Waals surface area (Å²) in [5.41, 5.74) is -1.04. The molecule has 0 bridgehead atoms. The Kier molecular flexibility index (Phi) is 5.90. The lowest BCUT2D eigenvalue weighted by atomic mass is 10.0. The quantitative estimate of drug-likeness (QED) is 0.218. The van der Waals surface area contributed by atoms with Crippen LogP contribution in [0.1, 0.15) is 5.56 Å². The Morgan fingerprint density at radius 3 is 2.45 bits per heavy atom. The van der Waals surface area contributed by atoms with Gasteiger partial charge in [0.1, 0.15) is 17.2 Å². The van der Waals surface area contributed by atoms with Crippen LogP contribution in [0.5, 0.6) is 0 Å². The predicted octanol–water partition coefficient (Wildman–Crippen LogP) is 5.00. The van der Waals surface area contributed by atoms with E-state index in [0.717, 1.165) is 18.8 Å². The molecule has 6 aromatic rings. The highest BCUT2D eigenvalue weighted by Crippen LogP contribution is 2.41. The van der Waals surface area contributed by atoms with E-state index in [2.05, 4.69) is 45.5 Å². The molecule has 0 unspecified atom stereocenters. The maximum absolute atomic E-state index is 14.6. The van der Waals surface area contributed by atoms with Gasteiger partial charge in [-0.3, -0.25) is 20.1 Å². The monoisotopic (exact) mass is 577 g/mol. The molecule has 3 aromatic carbocycles. The summed E-state index contributed by atoms with van der Waals surface area (Å²) in [5, 5.41) is 15.1. The number of para-hydroxylation sites is 2. The van der Waals surface area contributed by atoms with Crippen LogP contribution in [-0.2, 0) is 6.18 Å². The van der Waals surface area contributed by atoms with Crippen molar-refractivity contribution >= 4 is 50.0 Å². The van der Waals surface area contributed by atoms with Crippen molar-refractivity contribution in [3.63, 3.8) is 0 Å². The minimum Gasteiger partial charge on any atom is -0.367 e. The number of aromatic nitrogens is 6. The molecule has 0 spiro atoms. The van der Waals surface area contributed by atoms with Gasteiger partial charge in [-0.15, -0.1) is 0 Å². The fourth-order valence-corrected chi connectivity index (χ4v) is 5.48. The first-order valence-electron chi connectivity index (χ1n) is 13.1. The Bertz CT molecular complexity index is 2040. The number of nitrogens with one attached hydrogen (secondary N) is 4. The lowest BCUT2D eigenvalue weighted by Crippen LogP contribution is -2.44. The third-order valence-electron chi connectivity index (χ3n) is 7.60. The van der Waals surface area contributed by atoms with Crippen molar-refractivity contribution in [2.24, 2.45) is 0 Å². The van der Waals surface area contributed by atoms with E-state index in [9.17, 15) is 22.4 Å². The van der Waals surface area contributed by atoms with Gasteiger partial charge in [0.2, 0.25) is 0 Å². The fraction of sp³-hybridized carbons (Fsp3) is 0.214. The number of halogens is 4. The number of H-pyrrole nitrogens is 3. The number of benzene rings is 3. The van der Waals surface area contributed by atoms with Gasteiger partial charge in [0.25, 0.3) is 5.56 Å². The average molecular weight is 578 g/mol. The van der Waals surface area contributed by atoms with Crippen LogP contribution in [0.15, 0.2) is 53.3 Å². The van der Waals surface area contributed by atoms with Gasteiger partial charge in [0.05, 0.1) is 27.7 Å². The minimum atomic E-state index is -4.89. The molecule has 0 radical (unpaired) electrons. The van der Waals surface area contributed by atoms with Crippen molar-refractivity contribution < 1.29 is 17.6 Å². The topological polar surface area (TPSA) is 122 Å². The standard InChI is InChI=1S/C28H23F4N9O/c1-40-10-12-41(13-11-40)19-7-3-5-16-23(19)33-24(14-8-9-18-20(27(42)39-36-18)21(14)28(30,31)32)34-25(16)35-26-15-4-2-6-17(29)22(15)37-38-26/h2-9H,10-13H2,1H3,(H2,36,39,42)(H2,33,34,35,37,38). The van der Waals surface area contributed by atoms with E-state index in [1.165, 1.54) is 24.3 Å². The summed E-state index contributed by atoms with van der Waals surface area (Å²) in [5.74, 6) is -0.306. The average Bonchev–Trinajstić information content (AvgIpc) is 3.56. The van der Waals surface area contributed by atoms with Crippen molar-refractivity contribution in [3.05, 3.63) is 70.3 Å². The molecule has 14 heteroatoms. The van der Waals surface area contributed by atoms with E-state index < -0.39 is 28.5 Å². The van der Waals surface area contributed by atoms with E-state index >= 15 is 0 Å². The predicted molar refractivity (Wildman–Crippen MR) is 151 cm³/mol. The van der Waals surface area contributed by atoms with Crippen LogP contribution in [0.4, 0.5) is 34.9 Å². The second-order valence-electron chi connectivity index (χ2n) is 10.2. The molecule has 10 nitrogen and oxygen atoms in total. The SMILES string of the molecule is CN1CCN(c2cccc3c(Nc4n[nH]c5c(F)cccc45)nc(-c4ccc5[nH][nH]c(=O)c5c4C(F)(F)F)nc23)CC1. The van der Waals surface area contributed by atoms with Crippen molar-refractivity contribution in [3.8, 4) is 11.4 Å². The number of anilines is 3. The summed E-state index contributed by atoms with van der Waals surface area (Å²) in [6.07, 6.45) is -4.89. The first-order valence-corrected chi connectivity index (χ1v) is 13.1. The Labute approximate surface area is 234 Å². The Morgan fingerprint density at radius 2 is 1.67 bits per heavy atom. The van der Waals surface area contributed by atoms with Gasteiger partial charge in [0.15, 0.2) is 11.6 Å². The maximum Gasteiger partial charge on any atom is 0.417 e. The van der Waals surface area contributed by atoms with Crippen LogP contribution in [0, 0.1) is 5.82 Å². The summed E-state index contributed by atoms with van der Waals surface area (Å²) in [6, 6.07) is 12.6. The summed E-state index contributed by atoms with van der Waals surface area (Å²) in [7, 11) is 2.03. The number of aromatic amines is 3. The molecule has 1 aliphatic heterocycles. The third kappa shape index (κ3) is 4.22. The fourth-order valence-electron chi connectivity index (χ4n) is 5.48. The molecule has 4 heterocycles. The molecule has 0 amide bonds. The zero-order chi connectivity index (χ0) is 29.2. The summed E-state index contributed by atoms with van der Waals surface area (Å²) >= 11 is 0. The largest absolute Gasteiger partial charge is 0.417 e. The van der Waals surface area contributed by atoms with Crippen LogP contribution >= 0.6 is 0 Å². The second-order valence-corrected chi connectivity index (χ2v) is 10.2. The minimum absolute atomic E-state index is 0.0124. The zero-order valence-electron chi connectivity index (χ0n) is 22.1. The van der Waals surface area contributed by atoms with Gasteiger partial charge in [-0.05, 0) is 43.4 Å². The molecule has 214 valence electrons. The number of nitrogens with zero attached hydrogens (tertiary/aromatic N) is 5. The number of hydrogen-bond donors (Lipinski definition) is 4. The zero-order valence-corrected chi connectivity index (χ0v) is 22.1. The normalized spacial score (nSPS) is 14.8. The number of fused-ring (bicyclic) bond motifs is 3. The van der Waals surface area contributed by atoms with Crippen LogP contribution < -0.4 is 15.8 Å². The molecule has 42 heavy (non-hydrogen) atoms. The van der Waals surface area contributed by atoms with Crippen LogP contribution in [0.2, 0.25) is 0 Å². The van der Waals surface area contributed by atoms with Crippen molar-refractivity contribution in [2.75, 3.05) is 43.4 Å². The maximum atomic E-state index is 14.6. The van der Waals surface area contributed by atoms with Gasteiger partial charge in [-0.2, -0.15) is 18.3 Å². The van der Waals surface area contributed by atoms with E-state index in [0.29, 0.717) is 29.4 Å². The van der Waals surface area contributed by atoms with Crippen LogP contribution in [0.25, 0.3) is 44.1 Å².